The molecule has 0 saturated carbocycles. The lowest BCUT2D eigenvalue weighted by Crippen LogP contribution is -2.02. The second-order valence-electron chi connectivity index (χ2n) is 16.0. The Balaban J connectivity index is 1.46. The summed E-state index contributed by atoms with van der Waals surface area (Å²) < 4.78 is 5.10. The van der Waals surface area contributed by atoms with Gasteiger partial charge in [0.15, 0.2) is 0 Å². The maximum Gasteiger partial charge on any atom is 0.0738 e. The minimum absolute atomic E-state index is 0.833. The largest absolute Gasteiger partial charge is 0.340 e. The van der Waals surface area contributed by atoms with Crippen molar-refractivity contribution in [2.45, 2.75) is 53.6 Å². The molecular weight excluding hydrogens is 705 g/mol. The summed E-state index contributed by atoms with van der Waals surface area (Å²) in [6, 6.07) is 45.1. The molecule has 58 heavy (non-hydrogen) atoms. The number of rotatable bonds is 4. The fraction of sp³-hybridized carbons (Fsp3) is 0.148. The fourth-order valence-electron chi connectivity index (χ4n) is 8.80. The van der Waals surface area contributed by atoms with Crippen molar-refractivity contribution in [3.63, 3.8) is 0 Å². The lowest BCUT2D eigenvalue weighted by molar-refractivity contribution is 0.747. The summed E-state index contributed by atoms with van der Waals surface area (Å²) in [6.07, 6.45) is 15.4. The first-order valence-corrected chi connectivity index (χ1v) is 20.5. The highest BCUT2D eigenvalue weighted by Crippen LogP contribution is 2.41. The van der Waals surface area contributed by atoms with Crippen molar-refractivity contribution in [3.8, 4) is 44.5 Å². The van der Waals surface area contributed by atoms with Crippen LogP contribution in [0, 0.1) is 27.7 Å². The van der Waals surface area contributed by atoms with E-state index >= 15 is 0 Å². The fourth-order valence-corrected chi connectivity index (χ4v) is 8.80. The molecular formula is C54H46N4. The van der Waals surface area contributed by atoms with Gasteiger partial charge in [0.2, 0.25) is 0 Å². The molecule has 7 aromatic rings. The van der Waals surface area contributed by atoms with E-state index in [-0.39, 0.29) is 0 Å². The first-order valence-electron chi connectivity index (χ1n) is 20.5. The zero-order valence-corrected chi connectivity index (χ0v) is 33.6. The van der Waals surface area contributed by atoms with Crippen LogP contribution in [0.1, 0.15) is 57.9 Å². The Morgan fingerprint density at radius 2 is 0.603 bits per heavy atom. The van der Waals surface area contributed by atoms with Crippen molar-refractivity contribution >= 4 is 46.4 Å². The predicted molar refractivity (Wildman–Crippen MR) is 245 cm³/mol. The molecule has 6 heterocycles. The van der Waals surface area contributed by atoms with Crippen molar-refractivity contribution < 1.29 is 0 Å². The van der Waals surface area contributed by atoms with Crippen molar-refractivity contribution in [2.75, 3.05) is 0 Å². The number of fused-ring (bicyclic) bond motifs is 4. The van der Waals surface area contributed by atoms with Gasteiger partial charge in [0.05, 0.1) is 44.8 Å². The van der Waals surface area contributed by atoms with Crippen LogP contribution in [0.3, 0.4) is 0 Å². The first-order chi connectivity index (χ1) is 28.4. The summed E-state index contributed by atoms with van der Waals surface area (Å²) in [5.74, 6) is 0. The Labute approximate surface area is 340 Å². The normalized spacial score (nSPS) is 13.9. The van der Waals surface area contributed by atoms with E-state index in [1.807, 2.05) is 0 Å². The van der Waals surface area contributed by atoms with Crippen LogP contribution in [-0.4, -0.2) is 19.1 Å². The smallest absolute Gasteiger partial charge is 0.0738 e. The van der Waals surface area contributed by atoms with Crippen LogP contribution in [0.25, 0.3) is 90.9 Å². The number of hydrogen-bond donors (Lipinski definition) is 0. The molecule has 4 nitrogen and oxygen atoms in total. The number of allylic oxidation sites excluding steroid dienone is 2. The molecule has 0 unspecified atom stereocenters. The Kier molecular flexibility index (Phi) is 8.98. The van der Waals surface area contributed by atoms with Crippen LogP contribution in [0.5, 0.6) is 0 Å². The summed E-state index contributed by atoms with van der Waals surface area (Å²) in [5, 5.41) is 0. The molecule has 0 N–H and O–H groups in total. The number of hydrogen-bond acceptors (Lipinski definition) is 2. The minimum atomic E-state index is 0.833. The van der Waals surface area contributed by atoms with Crippen molar-refractivity contribution in [1.82, 2.24) is 19.1 Å². The lowest BCUT2D eigenvalue weighted by Gasteiger charge is -2.15. The molecule has 0 atom stereocenters. The van der Waals surface area contributed by atoms with Gasteiger partial charge in [-0.1, -0.05) is 131 Å². The molecule has 3 aliphatic heterocycles. The topological polar surface area (TPSA) is 35.6 Å². The molecule has 10 rings (SSSR count). The first kappa shape index (κ1) is 35.6. The van der Waals surface area contributed by atoms with E-state index in [0.29, 0.717) is 0 Å². The summed E-state index contributed by atoms with van der Waals surface area (Å²) in [4.78, 5) is 11.1. The van der Waals surface area contributed by atoms with Gasteiger partial charge in [-0.2, -0.15) is 0 Å². The standard InChI is InChI=1S/C54H46N4/c1-35-9-17-39(18-10-35)51-43-25-27-45(55-43)52(40-19-11-36(2)12-20-40)47-29-31-49-54(42-23-15-38(4)16-24-42)50-32-30-48(58(50)34-8-6-5-7-33-57(47)49)53(46-28-26-44(51)56-46)41-21-13-37(3)14-22-41/h5-6,9-32H,7-8,33-34H2,1-4H3/b6-5-,51-43?,51-44?,52-45?,52-47?,53-46?,53-48?,54-49?,54-50?. The van der Waals surface area contributed by atoms with E-state index in [9.17, 15) is 0 Å². The van der Waals surface area contributed by atoms with E-state index < -0.39 is 0 Å². The Bertz CT molecular complexity index is 2830. The number of aromatic nitrogens is 4. The van der Waals surface area contributed by atoms with E-state index in [0.717, 1.165) is 93.1 Å². The van der Waals surface area contributed by atoms with Crippen LogP contribution in [0.15, 0.2) is 133 Å². The molecule has 0 spiro atoms. The Morgan fingerprint density at radius 3 is 0.948 bits per heavy atom. The molecule has 4 heteroatoms. The predicted octanol–water partition coefficient (Wildman–Crippen LogP) is 13.9. The quantitative estimate of drug-likeness (QED) is 0.168. The van der Waals surface area contributed by atoms with Gasteiger partial charge in [-0.25, -0.2) is 9.97 Å². The second-order valence-corrected chi connectivity index (χ2v) is 16.0. The van der Waals surface area contributed by atoms with Crippen molar-refractivity contribution in [3.05, 3.63) is 179 Å². The molecule has 10 bridgehead atoms. The van der Waals surface area contributed by atoms with Gasteiger partial charge in [-0.3, -0.25) is 0 Å². The molecule has 4 aromatic carbocycles. The van der Waals surface area contributed by atoms with E-state index in [1.165, 1.54) is 44.4 Å². The molecule has 3 aliphatic rings. The number of aryl methyl sites for hydroxylation is 6. The summed E-state index contributed by atoms with van der Waals surface area (Å²) in [7, 11) is 0. The molecule has 0 fully saturated rings. The Hall–Kier alpha value is -6.78. The zero-order valence-electron chi connectivity index (χ0n) is 33.6. The number of benzene rings is 4. The maximum atomic E-state index is 5.56. The third kappa shape index (κ3) is 6.35. The zero-order chi connectivity index (χ0) is 39.3. The highest BCUT2D eigenvalue weighted by atomic mass is 15.0. The van der Waals surface area contributed by atoms with Crippen molar-refractivity contribution in [2.24, 2.45) is 0 Å². The van der Waals surface area contributed by atoms with Gasteiger partial charge in [0.25, 0.3) is 0 Å². The van der Waals surface area contributed by atoms with Gasteiger partial charge < -0.3 is 9.13 Å². The molecule has 282 valence electrons. The maximum absolute atomic E-state index is 5.56. The van der Waals surface area contributed by atoms with Crippen LogP contribution in [0.2, 0.25) is 0 Å². The van der Waals surface area contributed by atoms with Crippen LogP contribution in [0.4, 0.5) is 0 Å². The Morgan fingerprint density at radius 1 is 0.328 bits per heavy atom. The van der Waals surface area contributed by atoms with Crippen LogP contribution < -0.4 is 0 Å². The average Bonchev–Trinajstić information content (AvgIpc) is 4.06. The third-order valence-corrected chi connectivity index (χ3v) is 11.9. The summed E-state index contributed by atoms with van der Waals surface area (Å²) >= 11 is 0. The second kappa shape index (κ2) is 14.6. The van der Waals surface area contributed by atoms with Crippen LogP contribution >= 0.6 is 0 Å². The minimum Gasteiger partial charge on any atom is -0.340 e. The van der Waals surface area contributed by atoms with E-state index in [4.69, 9.17) is 9.97 Å². The molecule has 0 radical (unpaired) electrons. The highest BCUT2D eigenvalue weighted by molar-refractivity contribution is 6.01. The highest BCUT2D eigenvalue weighted by Gasteiger charge is 2.22. The SMILES string of the molecule is Cc1ccc(-c2c3nc(c(-c4ccc(C)cc4)c4ccc5c(-c6ccc(C)cc6)c6ccc(c(-c7ccc(C)cc7)c7nc2C=C7)n6CC/C=C\CCn45)C=C3)cc1. The van der Waals surface area contributed by atoms with Gasteiger partial charge in [0, 0.05) is 35.3 Å². The third-order valence-electron chi connectivity index (χ3n) is 11.9. The van der Waals surface area contributed by atoms with Gasteiger partial charge >= 0.3 is 0 Å². The summed E-state index contributed by atoms with van der Waals surface area (Å²) in [5.41, 5.74) is 22.4. The van der Waals surface area contributed by atoms with Crippen molar-refractivity contribution in [1.29, 1.82) is 0 Å². The van der Waals surface area contributed by atoms with Crippen LogP contribution in [-0.2, 0) is 13.1 Å². The average molecular weight is 751 g/mol. The van der Waals surface area contributed by atoms with Gasteiger partial charge in [-0.15, -0.1) is 0 Å². The van der Waals surface area contributed by atoms with E-state index in [1.54, 1.807) is 0 Å². The van der Waals surface area contributed by atoms with E-state index in [2.05, 4.69) is 195 Å². The summed E-state index contributed by atoms with van der Waals surface area (Å²) in [6.45, 7) is 10.3. The lowest BCUT2D eigenvalue weighted by atomic mass is 10.0. The molecule has 0 aliphatic carbocycles. The molecule has 0 amide bonds. The van der Waals surface area contributed by atoms with Gasteiger partial charge in [-0.05, 0) is 111 Å². The number of nitrogens with zero attached hydrogens (tertiary/aromatic N) is 4. The monoisotopic (exact) mass is 750 g/mol. The molecule has 0 saturated heterocycles. The molecule has 3 aromatic heterocycles. The van der Waals surface area contributed by atoms with Gasteiger partial charge in [0.1, 0.15) is 0 Å².